The third-order valence-corrected chi connectivity index (χ3v) is 5.43. The maximum Gasteiger partial charge on any atom is 0.233 e. The summed E-state index contributed by atoms with van der Waals surface area (Å²) in [6.45, 7) is 1.19. The molecule has 0 bridgehead atoms. The molecular formula is C22H22ClN5O3. The molecule has 1 aliphatic heterocycles. The zero-order valence-corrected chi connectivity index (χ0v) is 17.6. The summed E-state index contributed by atoms with van der Waals surface area (Å²) in [6, 6.07) is 12.1. The molecule has 0 atom stereocenters. The van der Waals surface area contributed by atoms with E-state index in [1.165, 1.54) is 0 Å². The minimum absolute atomic E-state index is 0.0101. The van der Waals surface area contributed by atoms with Crippen molar-refractivity contribution in [3.63, 3.8) is 0 Å². The maximum atomic E-state index is 12.5. The maximum absolute atomic E-state index is 12.5. The number of hydrogen-bond donors (Lipinski definition) is 0. The fraction of sp³-hybridized carbons (Fsp3) is 0.318. The monoisotopic (exact) mass is 439 g/mol. The van der Waals surface area contributed by atoms with E-state index in [1.54, 1.807) is 58.4 Å². The highest BCUT2D eigenvalue weighted by atomic mass is 35.5. The van der Waals surface area contributed by atoms with Crippen molar-refractivity contribution in [2.45, 2.75) is 31.8 Å². The molecule has 0 N–H and O–H groups in total. The highest BCUT2D eigenvalue weighted by Crippen LogP contribution is 2.19. The Morgan fingerprint density at radius 3 is 2.45 bits per heavy atom. The molecule has 8 nitrogen and oxygen atoms in total. The van der Waals surface area contributed by atoms with Gasteiger partial charge in [-0.3, -0.25) is 9.59 Å². The number of ether oxygens (including phenoxy) is 1. The van der Waals surface area contributed by atoms with E-state index in [9.17, 15) is 9.59 Å². The van der Waals surface area contributed by atoms with Crippen LogP contribution in [0.1, 0.15) is 36.0 Å². The van der Waals surface area contributed by atoms with Crippen LogP contribution in [0.4, 0.5) is 0 Å². The van der Waals surface area contributed by atoms with Crippen molar-refractivity contribution >= 4 is 23.3 Å². The Hall–Kier alpha value is -3.26. The number of rotatable bonds is 7. The smallest absolute Gasteiger partial charge is 0.233 e. The quantitative estimate of drug-likeness (QED) is 0.524. The Morgan fingerprint density at radius 2 is 1.81 bits per heavy atom. The second kappa shape index (κ2) is 9.70. The van der Waals surface area contributed by atoms with Crippen LogP contribution in [0.3, 0.4) is 0 Å². The number of aromatic nitrogens is 4. The Labute approximate surface area is 184 Å². The molecule has 4 rings (SSSR count). The lowest BCUT2D eigenvalue weighted by molar-refractivity contribution is -0.132. The fourth-order valence-corrected chi connectivity index (χ4v) is 3.58. The molecule has 0 saturated carbocycles. The Kier molecular flexibility index (Phi) is 6.57. The summed E-state index contributed by atoms with van der Waals surface area (Å²) >= 11 is 5.84. The van der Waals surface area contributed by atoms with E-state index in [2.05, 4.69) is 15.3 Å². The van der Waals surface area contributed by atoms with Gasteiger partial charge in [0.15, 0.2) is 11.6 Å². The molecule has 2 aromatic heterocycles. The number of hydrogen-bond acceptors (Lipinski definition) is 6. The minimum Gasteiger partial charge on any atom is -0.473 e. The van der Waals surface area contributed by atoms with Crippen molar-refractivity contribution < 1.29 is 14.3 Å². The summed E-state index contributed by atoms with van der Waals surface area (Å²) in [6.07, 6.45) is 5.25. The topological polar surface area (TPSA) is 90.2 Å². The van der Waals surface area contributed by atoms with Crippen molar-refractivity contribution in [2.75, 3.05) is 13.1 Å². The number of likely N-dealkylation sites (tertiary alicyclic amines) is 1. The molecule has 1 fully saturated rings. The second-order valence-electron chi connectivity index (χ2n) is 7.31. The molecule has 160 valence electrons. The first-order valence-corrected chi connectivity index (χ1v) is 10.5. The van der Waals surface area contributed by atoms with E-state index < -0.39 is 0 Å². The Morgan fingerprint density at radius 1 is 1.03 bits per heavy atom. The first kappa shape index (κ1) is 21.0. The lowest BCUT2D eigenvalue weighted by atomic mass is 10.0. The summed E-state index contributed by atoms with van der Waals surface area (Å²) in [5, 5.41) is 12.9. The molecule has 0 radical (unpaired) electrons. The summed E-state index contributed by atoms with van der Waals surface area (Å²) in [5.74, 6) is 1.00. The molecule has 9 heteroatoms. The van der Waals surface area contributed by atoms with Gasteiger partial charge in [0.25, 0.3) is 0 Å². The molecule has 1 aromatic carbocycles. The van der Waals surface area contributed by atoms with Gasteiger partial charge in [0, 0.05) is 67.8 Å². The summed E-state index contributed by atoms with van der Waals surface area (Å²) in [5.41, 5.74) is 0.573. The Balaban J connectivity index is 1.21. The van der Waals surface area contributed by atoms with Crippen LogP contribution < -0.4 is 4.74 Å². The van der Waals surface area contributed by atoms with E-state index in [4.69, 9.17) is 16.3 Å². The number of nitrogens with zero attached hydrogens (tertiary/aromatic N) is 5. The summed E-state index contributed by atoms with van der Waals surface area (Å²) in [4.78, 5) is 26.5. The number of halogens is 1. The van der Waals surface area contributed by atoms with Gasteiger partial charge in [-0.1, -0.05) is 11.6 Å². The van der Waals surface area contributed by atoms with Crippen molar-refractivity contribution in [1.82, 2.24) is 24.9 Å². The molecule has 1 aliphatic rings. The third-order valence-electron chi connectivity index (χ3n) is 5.18. The average Bonchev–Trinajstić information content (AvgIpc) is 3.34. The van der Waals surface area contributed by atoms with Gasteiger partial charge in [0.05, 0.1) is 0 Å². The largest absolute Gasteiger partial charge is 0.473 e. The number of amides is 1. The molecule has 0 aliphatic carbocycles. The zero-order valence-electron chi connectivity index (χ0n) is 16.9. The molecule has 3 heterocycles. The van der Waals surface area contributed by atoms with E-state index in [1.807, 2.05) is 6.07 Å². The van der Waals surface area contributed by atoms with Crippen molar-refractivity contribution in [1.29, 1.82) is 0 Å². The van der Waals surface area contributed by atoms with Crippen LogP contribution in [-0.2, 0) is 4.79 Å². The van der Waals surface area contributed by atoms with Gasteiger partial charge in [0.1, 0.15) is 6.10 Å². The van der Waals surface area contributed by atoms with Crippen molar-refractivity contribution in [3.8, 4) is 11.7 Å². The Bertz CT molecular complexity index is 1010. The van der Waals surface area contributed by atoms with Gasteiger partial charge in [-0.2, -0.15) is 5.10 Å². The van der Waals surface area contributed by atoms with Crippen molar-refractivity contribution in [2.24, 2.45) is 0 Å². The third kappa shape index (κ3) is 5.46. The number of ketones is 1. The fourth-order valence-electron chi connectivity index (χ4n) is 3.45. The second-order valence-corrected chi connectivity index (χ2v) is 7.74. The average molecular weight is 440 g/mol. The van der Waals surface area contributed by atoms with E-state index in [0.29, 0.717) is 48.2 Å². The van der Waals surface area contributed by atoms with Gasteiger partial charge < -0.3 is 9.64 Å². The van der Waals surface area contributed by atoms with Gasteiger partial charge in [-0.25, -0.2) is 4.68 Å². The van der Waals surface area contributed by atoms with E-state index >= 15 is 0 Å². The normalized spacial score (nSPS) is 14.4. The van der Waals surface area contributed by atoms with Crippen LogP contribution in [0.15, 0.2) is 54.9 Å². The molecule has 0 spiro atoms. The lowest BCUT2D eigenvalue weighted by Crippen LogP contribution is -2.41. The first-order chi connectivity index (χ1) is 15.1. The van der Waals surface area contributed by atoms with Crippen LogP contribution in [0, 0.1) is 0 Å². The number of benzene rings is 1. The van der Waals surface area contributed by atoms with Gasteiger partial charge in [-0.15, -0.1) is 10.2 Å². The molecule has 1 amide bonds. The van der Waals surface area contributed by atoms with Gasteiger partial charge in [0.2, 0.25) is 11.8 Å². The molecule has 3 aromatic rings. The van der Waals surface area contributed by atoms with Crippen LogP contribution in [0.25, 0.3) is 5.82 Å². The number of Topliss-reactive ketones (excluding diaryl/α,β-unsaturated/α-hetero) is 1. The molecule has 0 unspecified atom stereocenters. The van der Waals surface area contributed by atoms with Crippen LogP contribution in [-0.4, -0.2) is 55.8 Å². The lowest BCUT2D eigenvalue weighted by Gasteiger charge is -2.31. The van der Waals surface area contributed by atoms with Crippen molar-refractivity contribution in [3.05, 3.63) is 65.4 Å². The first-order valence-electron chi connectivity index (χ1n) is 10.2. The summed E-state index contributed by atoms with van der Waals surface area (Å²) < 4.78 is 7.54. The van der Waals surface area contributed by atoms with Gasteiger partial charge in [-0.05, 0) is 36.4 Å². The van der Waals surface area contributed by atoms with Gasteiger partial charge >= 0.3 is 0 Å². The SMILES string of the molecule is O=C(CCC(=O)N1CCC(Oc2ccc(-n3cccn3)nn2)CC1)c1ccc(Cl)cc1. The van der Waals surface area contributed by atoms with E-state index in [-0.39, 0.29) is 30.6 Å². The standard InChI is InChI=1S/C22H22ClN5O3/c23-17-4-2-16(3-5-17)19(29)6-9-22(30)27-14-10-18(11-15-27)31-21-8-7-20(25-26-21)28-13-1-12-24-28/h1-5,7-8,12-13,18H,6,9-11,14-15H2. The number of carbonyl (C=O) groups excluding carboxylic acids is 2. The number of piperidine rings is 1. The van der Waals surface area contributed by atoms with E-state index in [0.717, 1.165) is 0 Å². The zero-order chi connectivity index (χ0) is 21.6. The highest BCUT2D eigenvalue weighted by Gasteiger charge is 2.24. The molecular weight excluding hydrogens is 418 g/mol. The predicted octanol–water partition coefficient (Wildman–Crippen LogP) is 3.35. The van der Waals surface area contributed by atoms with Crippen LogP contribution >= 0.6 is 11.6 Å². The van der Waals surface area contributed by atoms with Crippen LogP contribution in [0.5, 0.6) is 5.88 Å². The minimum atomic E-state index is -0.0552. The van der Waals surface area contributed by atoms with Crippen LogP contribution in [0.2, 0.25) is 5.02 Å². The molecule has 1 saturated heterocycles. The summed E-state index contributed by atoms with van der Waals surface area (Å²) in [7, 11) is 0. The number of carbonyl (C=O) groups is 2. The predicted molar refractivity (Wildman–Crippen MR) is 114 cm³/mol. The molecule has 31 heavy (non-hydrogen) atoms. The highest BCUT2D eigenvalue weighted by molar-refractivity contribution is 6.30.